The Labute approximate surface area is 216 Å². The maximum atomic E-state index is 13.6. The number of hydrogen-bond donors (Lipinski definition) is 1. The van der Waals surface area contributed by atoms with Crippen LogP contribution in [0.5, 0.6) is 0 Å². The van der Waals surface area contributed by atoms with E-state index in [0.717, 1.165) is 12.1 Å². The van der Waals surface area contributed by atoms with Crippen LogP contribution in [0.2, 0.25) is 0 Å². The van der Waals surface area contributed by atoms with Crippen molar-refractivity contribution in [3.05, 3.63) is 112 Å². The van der Waals surface area contributed by atoms with Gasteiger partial charge in [0.05, 0.1) is 23.0 Å². The molecule has 0 spiro atoms. The van der Waals surface area contributed by atoms with Crippen molar-refractivity contribution in [3.63, 3.8) is 0 Å². The molecule has 1 aromatic heterocycles. The van der Waals surface area contributed by atoms with E-state index in [2.05, 4.69) is 10.3 Å². The Morgan fingerprint density at radius 1 is 1.05 bits per heavy atom. The summed E-state index contributed by atoms with van der Waals surface area (Å²) in [5, 5.41) is 3.11. The first-order valence-electron chi connectivity index (χ1n) is 11.9. The standard InChI is InChI=1S/C29H23F2N3O4/c1-16(13-17-7-10-21(30)22(31)14-17)28(36)33-27-29(37)34(2)23-6-4-3-5-19(23)26(32-27)18-8-9-20-24(35)11-12-38-25(20)15-18/h3-12,14-16,27H,13H2,1-2H3,(H,33,36)/t16-,27?/m0/s1. The first kappa shape index (κ1) is 25.0. The summed E-state index contributed by atoms with van der Waals surface area (Å²) in [5.74, 6) is -3.54. The van der Waals surface area contributed by atoms with Crippen LogP contribution in [-0.2, 0) is 16.0 Å². The van der Waals surface area contributed by atoms with E-state index in [1.807, 2.05) is 12.1 Å². The van der Waals surface area contributed by atoms with E-state index >= 15 is 0 Å². The van der Waals surface area contributed by atoms with E-state index in [0.29, 0.717) is 39.1 Å². The van der Waals surface area contributed by atoms with Gasteiger partial charge >= 0.3 is 0 Å². The van der Waals surface area contributed by atoms with Gasteiger partial charge in [-0.05, 0) is 42.3 Å². The largest absolute Gasteiger partial charge is 0.464 e. The second-order valence-corrected chi connectivity index (χ2v) is 9.15. The van der Waals surface area contributed by atoms with Crippen molar-refractivity contribution in [1.29, 1.82) is 0 Å². The van der Waals surface area contributed by atoms with Gasteiger partial charge in [0.2, 0.25) is 12.1 Å². The molecule has 3 aromatic carbocycles. The van der Waals surface area contributed by atoms with Crippen molar-refractivity contribution in [1.82, 2.24) is 5.32 Å². The topological polar surface area (TPSA) is 92.0 Å². The zero-order valence-electron chi connectivity index (χ0n) is 20.6. The minimum absolute atomic E-state index is 0.139. The van der Waals surface area contributed by atoms with E-state index in [1.165, 1.54) is 23.3 Å². The predicted octanol–water partition coefficient (Wildman–Crippen LogP) is 4.21. The predicted molar refractivity (Wildman–Crippen MR) is 139 cm³/mol. The molecule has 7 nitrogen and oxygen atoms in total. The van der Waals surface area contributed by atoms with E-state index in [4.69, 9.17) is 4.42 Å². The number of likely N-dealkylation sites (N-methyl/N-ethyl adjacent to an activating group) is 1. The first-order chi connectivity index (χ1) is 18.2. The first-order valence-corrected chi connectivity index (χ1v) is 11.9. The van der Waals surface area contributed by atoms with Crippen molar-refractivity contribution in [3.8, 4) is 0 Å². The minimum atomic E-state index is -1.25. The minimum Gasteiger partial charge on any atom is -0.464 e. The van der Waals surface area contributed by atoms with Crippen LogP contribution in [0.1, 0.15) is 23.6 Å². The van der Waals surface area contributed by atoms with Gasteiger partial charge in [-0.3, -0.25) is 14.4 Å². The van der Waals surface area contributed by atoms with Crippen LogP contribution >= 0.6 is 0 Å². The molecule has 9 heteroatoms. The number of fused-ring (bicyclic) bond motifs is 2. The third-order valence-electron chi connectivity index (χ3n) is 6.53. The highest BCUT2D eigenvalue weighted by Gasteiger charge is 2.32. The second kappa shape index (κ2) is 10.0. The van der Waals surface area contributed by atoms with Gasteiger partial charge in [-0.15, -0.1) is 0 Å². The van der Waals surface area contributed by atoms with E-state index in [1.54, 1.807) is 44.3 Å². The third kappa shape index (κ3) is 4.70. The average Bonchev–Trinajstić information content (AvgIpc) is 3.01. The van der Waals surface area contributed by atoms with Gasteiger partial charge < -0.3 is 14.6 Å². The number of para-hydroxylation sites is 1. The lowest BCUT2D eigenvalue weighted by Crippen LogP contribution is -2.47. The number of benzodiazepines with no additional fused rings is 1. The Hall–Kier alpha value is -4.66. The molecule has 2 heterocycles. The van der Waals surface area contributed by atoms with E-state index < -0.39 is 35.5 Å². The Morgan fingerprint density at radius 3 is 2.63 bits per heavy atom. The Morgan fingerprint density at radius 2 is 1.84 bits per heavy atom. The van der Waals surface area contributed by atoms with Crippen LogP contribution in [0.25, 0.3) is 11.0 Å². The van der Waals surface area contributed by atoms with Gasteiger partial charge in [0.25, 0.3) is 5.91 Å². The van der Waals surface area contributed by atoms with Crippen molar-refractivity contribution >= 4 is 34.2 Å². The fourth-order valence-electron chi connectivity index (χ4n) is 4.47. The Kier molecular flexibility index (Phi) is 6.59. The van der Waals surface area contributed by atoms with Crippen LogP contribution in [0, 0.1) is 17.6 Å². The molecule has 0 radical (unpaired) electrons. The summed E-state index contributed by atoms with van der Waals surface area (Å²) in [6, 6.07) is 17.0. The van der Waals surface area contributed by atoms with Crippen LogP contribution in [0.4, 0.5) is 14.5 Å². The summed E-state index contributed by atoms with van der Waals surface area (Å²) < 4.78 is 32.4. The van der Waals surface area contributed by atoms with Crippen LogP contribution < -0.4 is 15.6 Å². The summed E-state index contributed by atoms with van der Waals surface area (Å²) >= 11 is 0. The summed E-state index contributed by atoms with van der Waals surface area (Å²) in [6.07, 6.45) is 0.201. The number of nitrogens with one attached hydrogen (secondary N) is 1. The maximum absolute atomic E-state index is 13.6. The number of rotatable bonds is 5. The third-order valence-corrected chi connectivity index (χ3v) is 6.53. The van der Waals surface area contributed by atoms with Crippen LogP contribution in [0.15, 0.2) is 87.2 Å². The quantitative estimate of drug-likeness (QED) is 0.431. The number of hydrogen-bond acceptors (Lipinski definition) is 5. The number of amides is 2. The number of nitrogens with zero attached hydrogens (tertiary/aromatic N) is 2. The zero-order valence-corrected chi connectivity index (χ0v) is 20.6. The van der Waals surface area contributed by atoms with Crippen molar-refractivity contribution in [2.45, 2.75) is 19.5 Å². The lowest BCUT2D eigenvalue weighted by atomic mass is 9.99. The maximum Gasteiger partial charge on any atom is 0.272 e. The van der Waals surface area contributed by atoms with E-state index in [-0.39, 0.29) is 11.8 Å². The Balaban J connectivity index is 1.51. The van der Waals surface area contributed by atoms with Crippen LogP contribution in [0.3, 0.4) is 0 Å². The number of benzene rings is 3. The SMILES string of the molecule is C[C@@H](Cc1ccc(F)c(F)c1)C(=O)NC1N=C(c2ccc3c(=O)ccoc3c2)c2ccccc2N(C)C1=O. The molecule has 38 heavy (non-hydrogen) atoms. The summed E-state index contributed by atoms with van der Waals surface area (Å²) in [6.45, 7) is 1.63. The van der Waals surface area contributed by atoms with Crippen molar-refractivity contribution in [2.24, 2.45) is 10.9 Å². The highest BCUT2D eigenvalue weighted by Crippen LogP contribution is 2.28. The molecule has 1 aliphatic rings. The van der Waals surface area contributed by atoms with Crippen molar-refractivity contribution in [2.75, 3.05) is 11.9 Å². The average molecular weight is 516 g/mol. The molecule has 0 bridgehead atoms. The number of carbonyl (C=O) groups is 2. The van der Waals surface area contributed by atoms with Gasteiger partial charge in [-0.25, -0.2) is 13.8 Å². The van der Waals surface area contributed by atoms with Gasteiger partial charge in [0, 0.05) is 30.2 Å². The monoisotopic (exact) mass is 515 g/mol. The molecule has 2 amide bonds. The van der Waals surface area contributed by atoms with Gasteiger partial charge in [0.1, 0.15) is 5.58 Å². The van der Waals surface area contributed by atoms with Gasteiger partial charge in [-0.2, -0.15) is 0 Å². The summed E-state index contributed by atoms with van der Waals surface area (Å²) in [7, 11) is 1.60. The van der Waals surface area contributed by atoms with Gasteiger partial charge in [-0.1, -0.05) is 37.3 Å². The molecule has 0 saturated heterocycles. The van der Waals surface area contributed by atoms with Crippen LogP contribution in [-0.4, -0.2) is 30.7 Å². The van der Waals surface area contributed by atoms with Crippen molar-refractivity contribution < 1.29 is 22.8 Å². The lowest BCUT2D eigenvalue weighted by molar-refractivity contribution is -0.129. The molecule has 1 aliphatic heterocycles. The molecule has 4 aromatic rings. The smallest absolute Gasteiger partial charge is 0.272 e. The molecule has 1 unspecified atom stereocenters. The molecule has 192 valence electrons. The number of halogens is 2. The molecule has 0 saturated carbocycles. The molecule has 0 fully saturated rings. The normalized spacial score (nSPS) is 16.0. The highest BCUT2D eigenvalue weighted by atomic mass is 19.2. The number of aliphatic imine (C=N–C) groups is 1. The number of anilines is 1. The zero-order chi connectivity index (χ0) is 27.0. The Bertz CT molecular complexity index is 1660. The lowest BCUT2D eigenvalue weighted by Gasteiger charge is -2.22. The molecule has 1 N–H and O–H groups in total. The fraction of sp³-hybridized carbons (Fsp3) is 0.172. The molecule has 5 rings (SSSR count). The molecule has 2 atom stereocenters. The second-order valence-electron chi connectivity index (χ2n) is 9.15. The van der Waals surface area contributed by atoms with Gasteiger partial charge in [0.15, 0.2) is 17.1 Å². The molecule has 0 aliphatic carbocycles. The highest BCUT2D eigenvalue weighted by molar-refractivity contribution is 6.20. The number of carbonyl (C=O) groups excluding carboxylic acids is 2. The summed E-state index contributed by atoms with van der Waals surface area (Å²) in [4.78, 5) is 44.8. The van der Waals surface area contributed by atoms with E-state index in [9.17, 15) is 23.2 Å². The summed E-state index contributed by atoms with van der Waals surface area (Å²) in [5.41, 5.74) is 2.91. The molecular weight excluding hydrogens is 492 g/mol. The molecular formula is C29H23F2N3O4. The fourth-order valence-corrected chi connectivity index (χ4v) is 4.47.